The smallest absolute Gasteiger partial charge is 0.296 e. The molecule has 0 aromatic rings. The van der Waals surface area contributed by atoms with Crippen molar-refractivity contribution in [2.75, 3.05) is 19.8 Å². The minimum Gasteiger partial charge on any atom is -0.296 e. The lowest BCUT2D eigenvalue weighted by Gasteiger charge is -2.29. The number of nitrogens with zero attached hydrogens (tertiary/aromatic N) is 1. The molecule has 0 radical (unpaired) electrons. The summed E-state index contributed by atoms with van der Waals surface area (Å²) in [6, 6.07) is 0. The fourth-order valence-corrected chi connectivity index (χ4v) is 5.16. The van der Waals surface area contributed by atoms with E-state index in [1.807, 2.05) is 0 Å². The van der Waals surface area contributed by atoms with Crippen LogP contribution in [0.2, 0.25) is 0 Å². The Morgan fingerprint density at radius 2 is 2.14 bits per heavy atom. The first-order valence-electron chi connectivity index (χ1n) is 4.69. The lowest BCUT2D eigenvalue weighted by atomic mass is 10.3. The summed E-state index contributed by atoms with van der Waals surface area (Å²) in [6.45, 7) is 3.85. The van der Waals surface area contributed by atoms with E-state index in [0.717, 1.165) is 19.3 Å². The fraction of sp³-hybridized carbons (Fsp3) is 1.00. The molecule has 0 unspecified atom stereocenters. The van der Waals surface area contributed by atoms with Gasteiger partial charge in [0.2, 0.25) is 0 Å². The van der Waals surface area contributed by atoms with Crippen molar-refractivity contribution in [1.29, 1.82) is 0 Å². The van der Waals surface area contributed by atoms with Crippen molar-refractivity contribution in [3.8, 4) is 0 Å². The van der Waals surface area contributed by atoms with Crippen LogP contribution in [0, 0.1) is 0 Å². The Labute approximate surface area is 96.6 Å². The van der Waals surface area contributed by atoms with Gasteiger partial charge in [-0.15, -0.1) is 4.08 Å². The monoisotopic (exact) mass is 303 g/mol. The number of unbranched alkanes of at least 4 members (excludes halogenated alkanes) is 1. The van der Waals surface area contributed by atoms with Gasteiger partial charge in [0.25, 0.3) is 0 Å². The molecule has 0 N–H and O–H groups in total. The standard InChI is InChI=1S/C7H15BrNO3PS/c1-2-3-5-9(14-8)13(10)11-6-4-7-12-13/h2-7H2,1H3. The Bertz CT molecular complexity index is 209. The molecule has 4 nitrogen and oxygen atoms in total. The lowest BCUT2D eigenvalue weighted by molar-refractivity contribution is 0.127. The molecule has 84 valence electrons. The van der Waals surface area contributed by atoms with Crippen molar-refractivity contribution in [1.82, 2.24) is 4.08 Å². The molecule has 0 aromatic carbocycles. The van der Waals surface area contributed by atoms with E-state index in [1.165, 1.54) is 10.4 Å². The summed E-state index contributed by atoms with van der Waals surface area (Å²) in [5, 5.41) is 0. The first kappa shape index (κ1) is 13.0. The Balaban J connectivity index is 2.52. The topological polar surface area (TPSA) is 38.8 Å². The van der Waals surface area contributed by atoms with Crippen molar-refractivity contribution >= 4 is 32.9 Å². The van der Waals surface area contributed by atoms with Gasteiger partial charge in [-0.3, -0.25) is 9.05 Å². The Hall–Kier alpha value is 0.940. The van der Waals surface area contributed by atoms with E-state index >= 15 is 0 Å². The molecule has 0 aliphatic carbocycles. The molecule has 14 heavy (non-hydrogen) atoms. The molecular formula is C7H15BrNO3PS. The summed E-state index contributed by atoms with van der Waals surface area (Å²) >= 11 is 3.23. The predicted molar refractivity (Wildman–Crippen MR) is 62.3 cm³/mol. The van der Waals surface area contributed by atoms with Crippen LogP contribution in [0.25, 0.3) is 0 Å². The van der Waals surface area contributed by atoms with Crippen molar-refractivity contribution in [3.63, 3.8) is 0 Å². The van der Waals surface area contributed by atoms with E-state index in [4.69, 9.17) is 9.05 Å². The van der Waals surface area contributed by atoms with Crippen LogP contribution in [0.15, 0.2) is 0 Å². The van der Waals surface area contributed by atoms with E-state index in [9.17, 15) is 4.57 Å². The molecule has 0 amide bonds. The minimum absolute atomic E-state index is 0.521. The molecule has 0 atom stereocenters. The Morgan fingerprint density at radius 1 is 1.50 bits per heavy atom. The summed E-state index contributed by atoms with van der Waals surface area (Å²) in [5.74, 6) is 0. The van der Waals surface area contributed by atoms with Crippen molar-refractivity contribution < 1.29 is 13.6 Å². The highest BCUT2D eigenvalue weighted by atomic mass is 79.9. The molecule has 0 spiro atoms. The maximum absolute atomic E-state index is 12.1. The van der Waals surface area contributed by atoms with Gasteiger partial charge in [0, 0.05) is 31.7 Å². The van der Waals surface area contributed by atoms with Gasteiger partial charge < -0.3 is 0 Å². The highest BCUT2D eigenvalue weighted by Crippen LogP contribution is 2.58. The highest BCUT2D eigenvalue weighted by Gasteiger charge is 2.35. The van der Waals surface area contributed by atoms with Crippen LogP contribution in [0.4, 0.5) is 0 Å². The van der Waals surface area contributed by atoms with Gasteiger partial charge in [0.15, 0.2) is 0 Å². The Kier molecular flexibility index (Phi) is 6.05. The second-order valence-corrected chi connectivity index (χ2v) is 6.64. The average Bonchev–Trinajstić information content (AvgIpc) is 2.20. The molecule has 0 saturated carbocycles. The third kappa shape index (κ3) is 3.51. The van der Waals surface area contributed by atoms with E-state index in [2.05, 4.69) is 21.7 Å². The van der Waals surface area contributed by atoms with Gasteiger partial charge in [0.1, 0.15) is 0 Å². The molecule has 1 saturated heterocycles. The summed E-state index contributed by atoms with van der Waals surface area (Å²) in [6.07, 6.45) is 2.86. The number of halogens is 1. The second-order valence-electron chi connectivity index (χ2n) is 2.99. The summed E-state index contributed by atoms with van der Waals surface area (Å²) < 4.78 is 24.2. The molecule has 7 heteroatoms. The summed E-state index contributed by atoms with van der Waals surface area (Å²) in [7, 11) is -1.76. The minimum atomic E-state index is -3.00. The number of hydrogen-bond acceptors (Lipinski definition) is 4. The largest absolute Gasteiger partial charge is 0.418 e. The SMILES string of the molecule is CCCCN(SBr)P1(=O)OCCCO1. The molecule has 1 aliphatic heterocycles. The third-order valence-electron chi connectivity index (χ3n) is 1.85. The number of hydrogen-bond donors (Lipinski definition) is 0. The van der Waals surface area contributed by atoms with Crippen molar-refractivity contribution in [2.24, 2.45) is 0 Å². The average molecular weight is 304 g/mol. The van der Waals surface area contributed by atoms with Gasteiger partial charge in [-0.2, -0.15) is 0 Å². The van der Waals surface area contributed by atoms with Crippen molar-refractivity contribution in [2.45, 2.75) is 26.2 Å². The van der Waals surface area contributed by atoms with Crippen molar-refractivity contribution in [3.05, 3.63) is 0 Å². The molecule has 1 rings (SSSR count). The zero-order valence-electron chi connectivity index (χ0n) is 8.15. The van der Waals surface area contributed by atoms with Crippen LogP contribution in [0.3, 0.4) is 0 Å². The quantitative estimate of drug-likeness (QED) is 0.573. The number of rotatable bonds is 5. The van der Waals surface area contributed by atoms with Gasteiger partial charge in [0.05, 0.1) is 13.2 Å². The predicted octanol–water partition coefficient (Wildman–Crippen LogP) is 3.59. The molecule has 0 bridgehead atoms. The third-order valence-corrected chi connectivity index (χ3v) is 6.52. The fourth-order valence-electron chi connectivity index (χ4n) is 1.07. The molecule has 1 aliphatic rings. The first-order valence-corrected chi connectivity index (χ1v) is 8.80. The zero-order valence-corrected chi connectivity index (χ0v) is 11.4. The Morgan fingerprint density at radius 3 is 2.64 bits per heavy atom. The second kappa shape index (κ2) is 6.51. The van der Waals surface area contributed by atoms with Gasteiger partial charge >= 0.3 is 7.75 Å². The molecule has 0 aromatic heterocycles. The molecular weight excluding hydrogens is 289 g/mol. The highest BCUT2D eigenvalue weighted by molar-refractivity contribution is 9.49. The van der Waals surface area contributed by atoms with Gasteiger partial charge in [-0.1, -0.05) is 13.3 Å². The van der Waals surface area contributed by atoms with E-state index in [0.29, 0.717) is 19.8 Å². The normalized spacial score (nSPS) is 21.4. The first-order chi connectivity index (χ1) is 6.73. The van der Waals surface area contributed by atoms with Crippen LogP contribution in [0.5, 0.6) is 0 Å². The summed E-state index contributed by atoms with van der Waals surface area (Å²) in [4.78, 5) is 0. The van der Waals surface area contributed by atoms with E-state index < -0.39 is 7.75 Å². The maximum Gasteiger partial charge on any atom is 0.418 e. The summed E-state index contributed by atoms with van der Waals surface area (Å²) in [5.41, 5.74) is 0. The van der Waals surface area contributed by atoms with Crippen LogP contribution in [-0.4, -0.2) is 23.8 Å². The van der Waals surface area contributed by atoms with Gasteiger partial charge in [-0.05, 0) is 12.8 Å². The lowest BCUT2D eigenvalue weighted by Crippen LogP contribution is -2.20. The van der Waals surface area contributed by atoms with E-state index in [1.54, 1.807) is 4.08 Å². The van der Waals surface area contributed by atoms with Gasteiger partial charge in [-0.25, -0.2) is 4.57 Å². The van der Waals surface area contributed by atoms with Crippen LogP contribution in [-0.2, 0) is 13.6 Å². The molecule has 1 heterocycles. The van der Waals surface area contributed by atoms with E-state index in [-0.39, 0.29) is 0 Å². The van der Waals surface area contributed by atoms with Crippen LogP contribution < -0.4 is 0 Å². The van der Waals surface area contributed by atoms with Crippen LogP contribution in [0.1, 0.15) is 26.2 Å². The maximum atomic E-state index is 12.1. The molecule has 1 fully saturated rings. The zero-order chi connectivity index (χ0) is 10.4. The van der Waals surface area contributed by atoms with Crippen LogP contribution >= 0.6 is 32.9 Å².